The lowest BCUT2D eigenvalue weighted by Crippen LogP contribution is -1.99. The van der Waals surface area contributed by atoms with Gasteiger partial charge in [0.1, 0.15) is 0 Å². The van der Waals surface area contributed by atoms with Crippen molar-refractivity contribution >= 4 is 17.8 Å². The predicted octanol–water partition coefficient (Wildman–Crippen LogP) is 0.900. The zero-order valence-electron chi connectivity index (χ0n) is 5.74. The van der Waals surface area contributed by atoms with Crippen molar-refractivity contribution < 1.29 is 0 Å². The van der Waals surface area contributed by atoms with Gasteiger partial charge in [-0.1, -0.05) is 5.57 Å². The number of rotatable bonds is 2. The second-order valence-electron chi connectivity index (χ2n) is 2.03. The SMILES string of the molecule is C/C(=C\c1cnsn1)CN. The molecular formula is C6H9N3S. The Kier molecular flexibility index (Phi) is 2.53. The zero-order valence-corrected chi connectivity index (χ0v) is 6.56. The second-order valence-corrected chi connectivity index (χ2v) is 2.58. The Morgan fingerprint density at radius 3 is 3.20 bits per heavy atom. The van der Waals surface area contributed by atoms with Crippen LogP contribution in [0.4, 0.5) is 0 Å². The van der Waals surface area contributed by atoms with Crippen molar-refractivity contribution in [2.24, 2.45) is 5.73 Å². The van der Waals surface area contributed by atoms with E-state index in [1.54, 1.807) is 6.20 Å². The van der Waals surface area contributed by atoms with Crippen molar-refractivity contribution in [1.29, 1.82) is 0 Å². The minimum Gasteiger partial charge on any atom is -0.327 e. The lowest BCUT2D eigenvalue weighted by Gasteiger charge is -1.89. The van der Waals surface area contributed by atoms with Crippen LogP contribution in [0.25, 0.3) is 6.08 Å². The highest BCUT2D eigenvalue weighted by Gasteiger charge is 1.90. The van der Waals surface area contributed by atoms with E-state index in [1.165, 1.54) is 11.7 Å². The van der Waals surface area contributed by atoms with Crippen molar-refractivity contribution in [1.82, 2.24) is 8.75 Å². The smallest absolute Gasteiger partial charge is 0.0969 e. The molecule has 0 unspecified atom stereocenters. The first-order valence-electron chi connectivity index (χ1n) is 2.97. The largest absolute Gasteiger partial charge is 0.327 e. The van der Waals surface area contributed by atoms with Crippen LogP contribution in [0.3, 0.4) is 0 Å². The zero-order chi connectivity index (χ0) is 7.40. The molecule has 0 bridgehead atoms. The lowest BCUT2D eigenvalue weighted by molar-refractivity contribution is 1.15. The summed E-state index contributed by atoms with van der Waals surface area (Å²) in [7, 11) is 0. The van der Waals surface area contributed by atoms with Crippen molar-refractivity contribution in [3.05, 3.63) is 17.5 Å². The molecular weight excluding hydrogens is 146 g/mol. The molecule has 0 aliphatic carbocycles. The van der Waals surface area contributed by atoms with Crippen molar-refractivity contribution in [2.75, 3.05) is 6.54 Å². The molecule has 10 heavy (non-hydrogen) atoms. The van der Waals surface area contributed by atoms with E-state index in [2.05, 4.69) is 8.75 Å². The van der Waals surface area contributed by atoms with E-state index < -0.39 is 0 Å². The molecule has 0 atom stereocenters. The van der Waals surface area contributed by atoms with Gasteiger partial charge < -0.3 is 5.73 Å². The molecule has 0 spiro atoms. The number of nitrogens with two attached hydrogens (primary N) is 1. The molecule has 54 valence electrons. The van der Waals surface area contributed by atoms with Crippen molar-refractivity contribution in [3.63, 3.8) is 0 Å². The van der Waals surface area contributed by atoms with Crippen LogP contribution in [-0.2, 0) is 0 Å². The molecule has 4 heteroatoms. The summed E-state index contributed by atoms with van der Waals surface area (Å²) in [6.45, 7) is 2.55. The summed E-state index contributed by atoms with van der Waals surface area (Å²) in [5.41, 5.74) is 7.39. The van der Waals surface area contributed by atoms with Crippen LogP contribution >= 0.6 is 11.7 Å². The van der Waals surface area contributed by atoms with E-state index in [-0.39, 0.29) is 0 Å². The first-order valence-corrected chi connectivity index (χ1v) is 3.71. The van der Waals surface area contributed by atoms with E-state index in [0.717, 1.165) is 11.3 Å². The average Bonchev–Trinajstić information content (AvgIpc) is 2.40. The monoisotopic (exact) mass is 155 g/mol. The summed E-state index contributed by atoms with van der Waals surface area (Å²) in [5, 5.41) is 0. The van der Waals surface area contributed by atoms with Gasteiger partial charge in [-0.15, -0.1) is 0 Å². The van der Waals surface area contributed by atoms with Crippen molar-refractivity contribution in [2.45, 2.75) is 6.92 Å². The third kappa shape index (κ3) is 1.89. The standard InChI is InChI=1S/C6H9N3S/c1-5(3-7)2-6-4-8-10-9-6/h2,4H,3,7H2,1H3/b5-2+. The normalized spacial score (nSPS) is 12.0. The molecule has 2 N–H and O–H groups in total. The molecule has 1 heterocycles. The Morgan fingerprint density at radius 1 is 1.90 bits per heavy atom. The van der Waals surface area contributed by atoms with Gasteiger partial charge in [0, 0.05) is 6.54 Å². The van der Waals surface area contributed by atoms with E-state index >= 15 is 0 Å². The first-order chi connectivity index (χ1) is 4.83. The van der Waals surface area contributed by atoms with Gasteiger partial charge in [-0.3, -0.25) is 0 Å². The van der Waals surface area contributed by atoms with Crippen LogP contribution in [0.15, 0.2) is 11.8 Å². The van der Waals surface area contributed by atoms with Crippen LogP contribution in [0.2, 0.25) is 0 Å². The highest BCUT2D eigenvalue weighted by Crippen LogP contribution is 2.01. The average molecular weight is 155 g/mol. The second kappa shape index (κ2) is 3.43. The molecule has 0 saturated carbocycles. The molecule has 0 fully saturated rings. The van der Waals surface area contributed by atoms with Gasteiger partial charge in [0.25, 0.3) is 0 Å². The third-order valence-electron chi connectivity index (χ3n) is 1.09. The number of hydrogen-bond acceptors (Lipinski definition) is 4. The summed E-state index contributed by atoms with van der Waals surface area (Å²) < 4.78 is 7.86. The fraction of sp³-hybridized carbons (Fsp3) is 0.333. The highest BCUT2D eigenvalue weighted by atomic mass is 32.1. The molecule has 0 radical (unpaired) electrons. The van der Waals surface area contributed by atoms with Crippen LogP contribution in [-0.4, -0.2) is 15.3 Å². The molecule has 1 aromatic rings. The first kappa shape index (κ1) is 7.37. The van der Waals surface area contributed by atoms with Gasteiger partial charge in [0.2, 0.25) is 0 Å². The molecule has 0 aliphatic rings. The molecule has 1 aromatic heterocycles. The Bertz CT molecular complexity index is 215. The van der Waals surface area contributed by atoms with Gasteiger partial charge in [-0.2, -0.15) is 8.75 Å². The fourth-order valence-electron chi connectivity index (χ4n) is 0.547. The Hall–Kier alpha value is -0.740. The third-order valence-corrected chi connectivity index (χ3v) is 1.59. The number of nitrogens with zero attached hydrogens (tertiary/aromatic N) is 2. The number of aromatic nitrogens is 2. The van der Waals surface area contributed by atoms with Crippen LogP contribution < -0.4 is 5.73 Å². The van der Waals surface area contributed by atoms with E-state index in [4.69, 9.17) is 5.73 Å². The van der Waals surface area contributed by atoms with Crippen molar-refractivity contribution in [3.8, 4) is 0 Å². The van der Waals surface area contributed by atoms with Gasteiger partial charge in [0.15, 0.2) is 0 Å². The molecule has 0 aromatic carbocycles. The van der Waals surface area contributed by atoms with E-state index in [9.17, 15) is 0 Å². The molecule has 0 saturated heterocycles. The highest BCUT2D eigenvalue weighted by molar-refractivity contribution is 6.99. The molecule has 3 nitrogen and oxygen atoms in total. The summed E-state index contributed by atoms with van der Waals surface area (Å²) in [6, 6.07) is 0. The van der Waals surface area contributed by atoms with Gasteiger partial charge in [0.05, 0.1) is 23.6 Å². The summed E-state index contributed by atoms with van der Waals surface area (Å²) >= 11 is 1.21. The van der Waals surface area contributed by atoms with Crippen LogP contribution in [0.1, 0.15) is 12.6 Å². The minimum absolute atomic E-state index is 0.581. The summed E-state index contributed by atoms with van der Waals surface area (Å²) in [6.07, 6.45) is 3.66. The summed E-state index contributed by atoms with van der Waals surface area (Å²) in [4.78, 5) is 0. The Morgan fingerprint density at radius 2 is 2.70 bits per heavy atom. The molecule has 0 amide bonds. The minimum atomic E-state index is 0.581. The molecule has 0 aliphatic heterocycles. The Balaban J connectivity index is 2.71. The maximum atomic E-state index is 5.38. The predicted molar refractivity (Wildman–Crippen MR) is 42.6 cm³/mol. The van der Waals surface area contributed by atoms with Gasteiger partial charge in [-0.25, -0.2) is 0 Å². The maximum absolute atomic E-state index is 5.38. The summed E-state index contributed by atoms with van der Waals surface area (Å²) in [5.74, 6) is 0. The van der Waals surface area contributed by atoms with Gasteiger partial charge >= 0.3 is 0 Å². The lowest BCUT2D eigenvalue weighted by atomic mass is 10.2. The fourth-order valence-corrected chi connectivity index (χ4v) is 0.943. The topological polar surface area (TPSA) is 51.8 Å². The Labute approximate surface area is 63.9 Å². The van der Waals surface area contributed by atoms with E-state index in [0.29, 0.717) is 6.54 Å². The number of hydrogen-bond donors (Lipinski definition) is 1. The van der Waals surface area contributed by atoms with Crippen LogP contribution in [0, 0.1) is 0 Å². The molecule has 1 rings (SSSR count). The van der Waals surface area contributed by atoms with Gasteiger partial charge in [-0.05, 0) is 13.0 Å². The quantitative estimate of drug-likeness (QED) is 0.690. The van der Waals surface area contributed by atoms with E-state index in [1.807, 2.05) is 13.0 Å². The van der Waals surface area contributed by atoms with Crippen LogP contribution in [0.5, 0.6) is 0 Å². The maximum Gasteiger partial charge on any atom is 0.0969 e.